The van der Waals surface area contributed by atoms with Crippen LogP contribution in [0, 0.1) is 0 Å². The molecule has 0 spiro atoms. The molecule has 1 heterocycles. The smallest absolute Gasteiger partial charge is 0.331 e. The highest BCUT2D eigenvalue weighted by atomic mass is 16.5. The summed E-state index contributed by atoms with van der Waals surface area (Å²) < 4.78 is 5.35. The summed E-state index contributed by atoms with van der Waals surface area (Å²) in [5.74, 6) is -0.255. The SMILES string of the molecule is O=C1C=CC[C@H](c2cccc3ccccc23)O1. The van der Waals surface area contributed by atoms with Gasteiger partial charge in [0, 0.05) is 18.1 Å². The Labute approximate surface area is 99.5 Å². The van der Waals surface area contributed by atoms with E-state index in [0.29, 0.717) is 0 Å². The first-order valence-electron chi connectivity index (χ1n) is 5.69. The molecule has 2 aromatic rings. The summed E-state index contributed by atoms with van der Waals surface area (Å²) in [5, 5.41) is 2.33. The van der Waals surface area contributed by atoms with Gasteiger partial charge in [0.05, 0.1) is 0 Å². The number of carbonyl (C=O) groups is 1. The highest BCUT2D eigenvalue weighted by Gasteiger charge is 2.19. The van der Waals surface area contributed by atoms with Crippen LogP contribution in [-0.2, 0) is 9.53 Å². The summed E-state index contributed by atoms with van der Waals surface area (Å²) in [5.41, 5.74) is 1.08. The molecule has 0 aliphatic carbocycles. The van der Waals surface area contributed by atoms with Gasteiger partial charge in [0.15, 0.2) is 0 Å². The second-order valence-electron chi connectivity index (χ2n) is 4.13. The monoisotopic (exact) mass is 224 g/mol. The first kappa shape index (κ1) is 10.1. The molecule has 1 aliphatic rings. The van der Waals surface area contributed by atoms with E-state index in [0.717, 1.165) is 17.4 Å². The van der Waals surface area contributed by atoms with Gasteiger partial charge in [-0.1, -0.05) is 48.5 Å². The number of ether oxygens (including phenoxy) is 1. The quantitative estimate of drug-likeness (QED) is 0.694. The maximum absolute atomic E-state index is 11.3. The van der Waals surface area contributed by atoms with E-state index in [1.807, 2.05) is 30.3 Å². The maximum Gasteiger partial charge on any atom is 0.331 e. The van der Waals surface area contributed by atoms with Gasteiger partial charge in [0.1, 0.15) is 6.10 Å². The average molecular weight is 224 g/mol. The summed E-state index contributed by atoms with van der Waals surface area (Å²) >= 11 is 0. The van der Waals surface area contributed by atoms with Gasteiger partial charge in [0.25, 0.3) is 0 Å². The van der Waals surface area contributed by atoms with Crippen molar-refractivity contribution < 1.29 is 9.53 Å². The van der Waals surface area contributed by atoms with E-state index in [4.69, 9.17) is 4.74 Å². The van der Waals surface area contributed by atoms with Gasteiger partial charge in [-0.2, -0.15) is 0 Å². The second-order valence-corrected chi connectivity index (χ2v) is 4.13. The fraction of sp³-hybridized carbons (Fsp3) is 0.133. The fourth-order valence-electron chi connectivity index (χ4n) is 2.24. The van der Waals surface area contributed by atoms with Crippen LogP contribution in [0.25, 0.3) is 10.8 Å². The summed E-state index contributed by atoms with van der Waals surface area (Å²) in [6.45, 7) is 0. The van der Waals surface area contributed by atoms with Crippen LogP contribution >= 0.6 is 0 Å². The molecule has 2 aromatic carbocycles. The second kappa shape index (κ2) is 4.06. The average Bonchev–Trinajstić information content (AvgIpc) is 2.38. The lowest BCUT2D eigenvalue weighted by Gasteiger charge is -2.20. The van der Waals surface area contributed by atoms with E-state index in [-0.39, 0.29) is 12.1 Å². The molecule has 2 heteroatoms. The molecule has 0 radical (unpaired) electrons. The zero-order valence-corrected chi connectivity index (χ0v) is 9.30. The molecule has 1 atom stereocenters. The molecule has 0 bridgehead atoms. The fourth-order valence-corrected chi connectivity index (χ4v) is 2.24. The molecule has 0 N–H and O–H groups in total. The van der Waals surface area contributed by atoms with Crippen molar-refractivity contribution in [1.82, 2.24) is 0 Å². The number of esters is 1. The van der Waals surface area contributed by atoms with Crippen LogP contribution < -0.4 is 0 Å². The Morgan fingerprint density at radius 1 is 1.06 bits per heavy atom. The third kappa shape index (κ3) is 1.82. The third-order valence-corrected chi connectivity index (χ3v) is 3.03. The molecular formula is C15H12O2. The Bertz CT molecular complexity index is 593. The van der Waals surface area contributed by atoms with Gasteiger partial charge in [-0.05, 0) is 10.8 Å². The van der Waals surface area contributed by atoms with Crippen molar-refractivity contribution in [2.24, 2.45) is 0 Å². The Kier molecular flexibility index (Phi) is 2.41. The Hall–Kier alpha value is -2.09. The summed E-state index contributed by atoms with van der Waals surface area (Å²) in [7, 11) is 0. The van der Waals surface area contributed by atoms with Crippen LogP contribution in [0.4, 0.5) is 0 Å². The topological polar surface area (TPSA) is 26.3 Å². The zero-order valence-electron chi connectivity index (χ0n) is 9.30. The molecule has 1 aliphatic heterocycles. The van der Waals surface area contributed by atoms with Crippen LogP contribution in [0.3, 0.4) is 0 Å². The summed E-state index contributed by atoms with van der Waals surface area (Å²) in [6, 6.07) is 14.3. The lowest BCUT2D eigenvalue weighted by molar-refractivity contribution is -0.144. The van der Waals surface area contributed by atoms with Crippen molar-refractivity contribution in [2.75, 3.05) is 0 Å². The Morgan fingerprint density at radius 2 is 1.88 bits per heavy atom. The number of hydrogen-bond donors (Lipinski definition) is 0. The number of benzene rings is 2. The van der Waals surface area contributed by atoms with Crippen molar-refractivity contribution >= 4 is 16.7 Å². The predicted molar refractivity (Wildman–Crippen MR) is 66.5 cm³/mol. The number of hydrogen-bond acceptors (Lipinski definition) is 2. The Morgan fingerprint density at radius 3 is 2.76 bits per heavy atom. The Balaban J connectivity index is 2.11. The van der Waals surface area contributed by atoms with E-state index >= 15 is 0 Å². The minimum absolute atomic E-state index is 0.154. The first-order valence-corrected chi connectivity index (χ1v) is 5.69. The lowest BCUT2D eigenvalue weighted by atomic mass is 9.98. The summed E-state index contributed by atoms with van der Waals surface area (Å²) in [4.78, 5) is 11.3. The van der Waals surface area contributed by atoms with E-state index in [9.17, 15) is 4.79 Å². The van der Waals surface area contributed by atoms with Gasteiger partial charge in [0.2, 0.25) is 0 Å². The molecule has 3 rings (SSSR count). The molecule has 0 saturated heterocycles. The molecular weight excluding hydrogens is 212 g/mol. The van der Waals surface area contributed by atoms with Crippen molar-refractivity contribution in [3.8, 4) is 0 Å². The minimum Gasteiger partial charge on any atom is -0.454 e. The van der Waals surface area contributed by atoms with Gasteiger partial charge in [-0.3, -0.25) is 0 Å². The molecule has 0 fully saturated rings. The van der Waals surface area contributed by atoms with Crippen LogP contribution in [0.2, 0.25) is 0 Å². The van der Waals surface area contributed by atoms with Crippen LogP contribution in [0.5, 0.6) is 0 Å². The largest absolute Gasteiger partial charge is 0.454 e. The molecule has 0 saturated carbocycles. The number of cyclic esters (lactones) is 1. The van der Waals surface area contributed by atoms with Crippen LogP contribution in [0.15, 0.2) is 54.6 Å². The van der Waals surface area contributed by atoms with E-state index < -0.39 is 0 Å². The molecule has 0 aromatic heterocycles. The van der Waals surface area contributed by atoms with Gasteiger partial charge < -0.3 is 4.74 Å². The van der Waals surface area contributed by atoms with Crippen molar-refractivity contribution in [1.29, 1.82) is 0 Å². The molecule has 0 unspecified atom stereocenters. The molecule has 17 heavy (non-hydrogen) atoms. The van der Waals surface area contributed by atoms with Crippen molar-refractivity contribution in [3.05, 3.63) is 60.2 Å². The maximum atomic E-state index is 11.3. The van der Waals surface area contributed by atoms with Crippen LogP contribution in [-0.4, -0.2) is 5.97 Å². The standard InChI is InChI=1S/C15H12O2/c16-15-10-4-9-14(17-15)13-8-3-6-11-5-1-2-7-12(11)13/h1-8,10,14H,9H2/t14-/m1/s1. The number of rotatable bonds is 1. The lowest BCUT2D eigenvalue weighted by Crippen LogP contribution is -2.13. The van der Waals surface area contributed by atoms with Crippen molar-refractivity contribution in [3.63, 3.8) is 0 Å². The zero-order chi connectivity index (χ0) is 11.7. The summed E-state index contributed by atoms with van der Waals surface area (Å²) in [6.07, 6.45) is 3.96. The van der Waals surface area contributed by atoms with Crippen molar-refractivity contribution in [2.45, 2.75) is 12.5 Å². The van der Waals surface area contributed by atoms with E-state index in [2.05, 4.69) is 18.2 Å². The molecule has 84 valence electrons. The normalized spacial score (nSPS) is 19.3. The third-order valence-electron chi connectivity index (χ3n) is 3.03. The minimum atomic E-state index is -0.255. The highest BCUT2D eigenvalue weighted by molar-refractivity contribution is 5.87. The van der Waals surface area contributed by atoms with Crippen LogP contribution in [0.1, 0.15) is 18.1 Å². The van der Waals surface area contributed by atoms with Gasteiger partial charge >= 0.3 is 5.97 Å². The number of carbonyl (C=O) groups excluding carboxylic acids is 1. The molecule has 0 amide bonds. The first-order chi connectivity index (χ1) is 8.34. The van der Waals surface area contributed by atoms with Gasteiger partial charge in [-0.25, -0.2) is 4.79 Å². The van der Waals surface area contributed by atoms with Gasteiger partial charge in [-0.15, -0.1) is 0 Å². The highest BCUT2D eigenvalue weighted by Crippen LogP contribution is 2.30. The molecule has 2 nitrogen and oxygen atoms in total. The number of fused-ring (bicyclic) bond motifs is 1. The van der Waals surface area contributed by atoms with E-state index in [1.54, 1.807) is 0 Å². The van der Waals surface area contributed by atoms with E-state index in [1.165, 1.54) is 11.5 Å². The predicted octanol–water partition coefficient (Wildman–Crippen LogP) is 3.38.